The molecule has 10 nitrogen and oxygen atoms in total. The third-order valence-electron chi connectivity index (χ3n) is 5.92. The lowest BCUT2D eigenvalue weighted by molar-refractivity contribution is -0.135. The maximum atomic E-state index is 12.8. The standard InChI is InChI=1S/C26H28N6O4S2/c1-2-26(36,18-13-7-4-8-14-18)23(35)28-25-32-30-20(38-25)16-10-9-15-19-29-31-24(37-19)27-22(34)21(33)17-11-5-3-6-12-17/h3-8,11-14,21,33,36H,2,9-10,15-16H2,1H3,(H,27,31,34)(H,28,32,35)/t21-,26-/m1/s1. The van der Waals surface area contributed by atoms with Gasteiger partial charge in [-0.3, -0.25) is 20.2 Å². The van der Waals surface area contributed by atoms with E-state index in [9.17, 15) is 19.8 Å². The van der Waals surface area contributed by atoms with Crippen molar-refractivity contribution in [3.05, 3.63) is 81.8 Å². The number of nitrogens with one attached hydrogen (secondary N) is 2. The number of rotatable bonds is 12. The van der Waals surface area contributed by atoms with Gasteiger partial charge in [-0.1, -0.05) is 90.3 Å². The van der Waals surface area contributed by atoms with Crippen LogP contribution in [0.15, 0.2) is 60.7 Å². The molecule has 2 atom stereocenters. The van der Waals surface area contributed by atoms with Crippen molar-refractivity contribution in [2.24, 2.45) is 0 Å². The van der Waals surface area contributed by atoms with Gasteiger partial charge < -0.3 is 10.2 Å². The Hall–Kier alpha value is -3.58. The van der Waals surface area contributed by atoms with Crippen LogP contribution in [0.2, 0.25) is 0 Å². The van der Waals surface area contributed by atoms with Gasteiger partial charge >= 0.3 is 0 Å². The van der Waals surface area contributed by atoms with Crippen LogP contribution in [0.4, 0.5) is 10.3 Å². The zero-order valence-corrected chi connectivity index (χ0v) is 22.3. The number of unbranched alkanes of at least 4 members (excludes halogenated alkanes) is 1. The first-order chi connectivity index (χ1) is 18.4. The summed E-state index contributed by atoms with van der Waals surface area (Å²) in [5, 5.41) is 45.0. The van der Waals surface area contributed by atoms with Crippen molar-refractivity contribution in [2.75, 3.05) is 10.6 Å². The first-order valence-electron chi connectivity index (χ1n) is 12.2. The number of aryl methyl sites for hydroxylation is 2. The van der Waals surface area contributed by atoms with Gasteiger partial charge in [0.15, 0.2) is 11.7 Å². The van der Waals surface area contributed by atoms with Crippen molar-refractivity contribution in [1.82, 2.24) is 20.4 Å². The number of carbonyl (C=O) groups excluding carboxylic acids is 2. The second-order valence-corrected chi connectivity index (χ2v) is 10.7. The lowest BCUT2D eigenvalue weighted by atomic mass is 9.90. The van der Waals surface area contributed by atoms with Crippen molar-refractivity contribution in [3.8, 4) is 0 Å². The van der Waals surface area contributed by atoms with E-state index in [-0.39, 0.29) is 6.42 Å². The quantitative estimate of drug-likeness (QED) is 0.194. The van der Waals surface area contributed by atoms with Gasteiger partial charge in [-0.15, -0.1) is 20.4 Å². The molecule has 0 bridgehead atoms. The number of aromatic nitrogens is 4. The molecule has 2 heterocycles. The van der Waals surface area contributed by atoms with Crippen molar-refractivity contribution in [1.29, 1.82) is 0 Å². The maximum Gasteiger partial charge on any atom is 0.262 e. The molecule has 0 aliphatic carbocycles. The molecule has 2 aromatic carbocycles. The number of carbonyl (C=O) groups is 2. The Morgan fingerprint density at radius 1 is 0.842 bits per heavy atom. The highest BCUT2D eigenvalue weighted by molar-refractivity contribution is 7.15. The van der Waals surface area contributed by atoms with Crippen LogP contribution < -0.4 is 10.6 Å². The molecule has 0 radical (unpaired) electrons. The SMILES string of the molecule is CC[C@](O)(C(=O)Nc1nnc(CCCCc2nnc(NC(=O)[C@H](O)c3ccccc3)s2)s1)c1ccccc1. The average molecular weight is 553 g/mol. The van der Waals surface area contributed by atoms with Gasteiger partial charge in [0.2, 0.25) is 10.3 Å². The maximum absolute atomic E-state index is 12.8. The molecule has 0 fully saturated rings. The van der Waals surface area contributed by atoms with Crippen molar-refractivity contribution in [2.45, 2.75) is 50.7 Å². The normalized spacial score (nSPS) is 13.4. The number of aliphatic hydroxyl groups is 2. The van der Waals surface area contributed by atoms with Gasteiger partial charge in [-0.05, 0) is 30.4 Å². The molecule has 0 unspecified atom stereocenters. The van der Waals surface area contributed by atoms with Gasteiger partial charge in [-0.25, -0.2) is 0 Å². The molecule has 4 aromatic rings. The van der Waals surface area contributed by atoms with Crippen LogP contribution in [0.3, 0.4) is 0 Å². The van der Waals surface area contributed by atoms with E-state index in [4.69, 9.17) is 0 Å². The van der Waals surface area contributed by atoms with Crippen molar-refractivity contribution in [3.63, 3.8) is 0 Å². The van der Waals surface area contributed by atoms with Crippen molar-refractivity contribution < 1.29 is 19.8 Å². The highest BCUT2D eigenvalue weighted by Crippen LogP contribution is 2.28. The van der Waals surface area contributed by atoms with E-state index in [0.29, 0.717) is 34.2 Å². The smallest absolute Gasteiger partial charge is 0.262 e. The van der Waals surface area contributed by atoms with E-state index in [1.165, 1.54) is 22.7 Å². The van der Waals surface area contributed by atoms with E-state index in [0.717, 1.165) is 22.9 Å². The summed E-state index contributed by atoms with van der Waals surface area (Å²) in [6, 6.07) is 17.5. The minimum Gasteiger partial charge on any atom is -0.378 e. The molecule has 0 saturated carbocycles. The number of nitrogens with zero attached hydrogens (tertiary/aromatic N) is 4. The van der Waals surface area contributed by atoms with Gasteiger partial charge in [-0.2, -0.15) is 0 Å². The summed E-state index contributed by atoms with van der Waals surface area (Å²) >= 11 is 2.55. The van der Waals surface area contributed by atoms with Crippen LogP contribution in [0, 0.1) is 0 Å². The van der Waals surface area contributed by atoms with Gasteiger partial charge in [0.05, 0.1) is 0 Å². The van der Waals surface area contributed by atoms with Crippen LogP contribution in [-0.4, -0.2) is 42.4 Å². The highest BCUT2D eigenvalue weighted by atomic mass is 32.1. The van der Waals surface area contributed by atoms with E-state index in [1.54, 1.807) is 55.5 Å². The summed E-state index contributed by atoms with van der Waals surface area (Å²) in [6.45, 7) is 1.75. The van der Waals surface area contributed by atoms with Crippen LogP contribution >= 0.6 is 22.7 Å². The fraction of sp³-hybridized carbons (Fsp3) is 0.308. The largest absolute Gasteiger partial charge is 0.378 e. The first kappa shape index (κ1) is 27.5. The third kappa shape index (κ3) is 6.84. The molecule has 0 saturated heterocycles. The number of amides is 2. The molecule has 0 aliphatic heterocycles. The molecule has 0 aliphatic rings. The number of benzene rings is 2. The Morgan fingerprint density at radius 3 is 1.92 bits per heavy atom. The zero-order chi connectivity index (χ0) is 27.0. The summed E-state index contributed by atoms with van der Waals surface area (Å²) in [7, 11) is 0. The van der Waals surface area contributed by atoms with E-state index in [2.05, 4.69) is 31.0 Å². The van der Waals surface area contributed by atoms with E-state index >= 15 is 0 Å². The van der Waals surface area contributed by atoms with Gasteiger partial charge in [0, 0.05) is 12.8 Å². The number of anilines is 2. The summed E-state index contributed by atoms with van der Waals surface area (Å²) < 4.78 is 0. The molecular formula is C26H28N6O4S2. The number of aliphatic hydroxyl groups excluding tert-OH is 1. The van der Waals surface area contributed by atoms with Gasteiger partial charge in [0.25, 0.3) is 11.8 Å². The average Bonchev–Trinajstić information content (AvgIpc) is 3.60. The Morgan fingerprint density at radius 2 is 1.37 bits per heavy atom. The zero-order valence-electron chi connectivity index (χ0n) is 20.7. The summed E-state index contributed by atoms with van der Waals surface area (Å²) in [5.74, 6) is -1.09. The summed E-state index contributed by atoms with van der Waals surface area (Å²) in [4.78, 5) is 25.1. The molecule has 12 heteroatoms. The van der Waals surface area contributed by atoms with Crippen molar-refractivity contribution >= 4 is 44.8 Å². The Bertz CT molecular complexity index is 1350. The molecule has 198 valence electrons. The monoisotopic (exact) mass is 552 g/mol. The Labute approximate surface area is 227 Å². The molecule has 4 N–H and O–H groups in total. The van der Waals surface area contributed by atoms with E-state index < -0.39 is 23.5 Å². The molecular weight excluding hydrogens is 524 g/mol. The predicted molar refractivity (Wildman–Crippen MR) is 146 cm³/mol. The molecule has 38 heavy (non-hydrogen) atoms. The molecule has 2 amide bonds. The summed E-state index contributed by atoms with van der Waals surface area (Å²) in [5.41, 5.74) is -0.616. The molecule has 4 rings (SSSR count). The minimum absolute atomic E-state index is 0.221. The lowest BCUT2D eigenvalue weighted by Crippen LogP contribution is -2.39. The van der Waals surface area contributed by atoms with Gasteiger partial charge in [0.1, 0.15) is 10.0 Å². The minimum atomic E-state index is -1.65. The van der Waals surface area contributed by atoms with E-state index in [1.807, 2.05) is 12.1 Å². The fourth-order valence-corrected chi connectivity index (χ4v) is 5.29. The summed E-state index contributed by atoms with van der Waals surface area (Å²) in [6.07, 6.45) is 1.94. The fourth-order valence-electron chi connectivity index (χ4n) is 3.73. The predicted octanol–water partition coefficient (Wildman–Crippen LogP) is 3.86. The third-order valence-corrected chi connectivity index (χ3v) is 7.71. The Balaban J connectivity index is 1.21. The van der Waals surface area contributed by atoms with Crippen LogP contribution in [0.1, 0.15) is 53.4 Å². The number of hydrogen-bond acceptors (Lipinski definition) is 10. The van der Waals surface area contributed by atoms with Crippen LogP contribution in [0.25, 0.3) is 0 Å². The lowest BCUT2D eigenvalue weighted by Gasteiger charge is -2.25. The Kier molecular flexibility index (Phi) is 9.24. The first-order valence-corrected chi connectivity index (χ1v) is 13.8. The molecule has 2 aromatic heterocycles. The van der Waals surface area contributed by atoms with Crippen LogP contribution in [0.5, 0.6) is 0 Å². The highest BCUT2D eigenvalue weighted by Gasteiger charge is 2.36. The second kappa shape index (κ2) is 12.8. The van der Waals surface area contributed by atoms with Crippen LogP contribution in [-0.2, 0) is 28.0 Å². The number of hydrogen-bond donors (Lipinski definition) is 4. The topological polar surface area (TPSA) is 150 Å². The second-order valence-electron chi connectivity index (χ2n) is 8.55. The molecule has 0 spiro atoms.